The van der Waals surface area contributed by atoms with Crippen LogP contribution in [-0.4, -0.2) is 27.8 Å². The van der Waals surface area contributed by atoms with E-state index in [1.165, 1.54) is 0 Å². The van der Waals surface area contributed by atoms with Crippen LogP contribution in [0.1, 0.15) is 16.1 Å². The number of halogens is 1. The molecule has 2 aromatic heterocycles. The van der Waals surface area contributed by atoms with Gasteiger partial charge in [0.25, 0.3) is 11.8 Å². The summed E-state index contributed by atoms with van der Waals surface area (Å²) in [5.74, 6) is 0.0182. The zero-order valence-electron chi connectivity index (χ0n) is 13.0. The van der Waals surface area contributed by atoms with Crippen molar-refractivity contribution in [3.63, 3.8) is 0 Å². The number of ether oxygens (including phenoxy) is 1. The van der Waals surface area contributed by atoms with E-state index in [4.69, 9.17) is 16.3 Å². The maximum Gasteiger partial charge on any atom is 0.262 e. The largest absolute Gasteiger partial charge is 0.482 e. The fourth-order valence-electron chi connectivity index (χ4n) is 2.59. The van der Waals surface area contributed by atoms with E-state index in [1.54, 1.807) is 34.9 Å². The lowest BCUT2D eigenvalue weighted by Crippen LogP contribution is -2.26. The lowest BCUT2D eigenvalue weighted by molar-refractivity contribution is -0.118. The van der Waals surface area contributed by atoms with Crippen molar-refractivity contribution in [2.24, 2.45) is 0 Å². The summed E-state index contributed by atoms with van der Waals surface area (Å²) in [6.07, 6.45) is 3.57. The predicted molar refractivity (Wildman–Crippen MR) is 91.9 cm³/mol. The molecule has 2 N–H and O–H groups in total. The van der Waals surface area contributed by atoms with Gasteiger partial charge in [0.2, 0.25) is 0 Å². The van der Waals surface area contributed by atoms with Crippen LogP contribution in [0.4, 0.5) is 5.69 Å². The number of nitrogens with one attached hydrogen (secondary N) is 2. The molecular weight excluding hydrogens is 344 g/mol. The molecule has 0 saturated heterocycles. The van der Waals surface area contributed by atoms with Crippen molar-refractivity contribution in [1.82, 2.24) is 14.7 Å². The molecule has 25 heavy (non-hydrogen) atoms. The molecule has 126 valence electrons. The Morgan fingerprint density at radius 2 is 2.20 bits per heavy atom. The third-order valence-electron chi connectivity index (χ3n) is 3.77. The first-order chi connectivity index (χ1) is 12.1. The van der Waals surface area contributed by atoms with E-state index < -0.39 is 0 Å². The third-order valence-corrected chi connectivity index (χ3v) is 4.00. The van der Waals surface area contributed by atoms with Crippen LogP contribution in [0.15, 0.2) is 42.7 Å². The summed E-state index contributed by atoms with van der Waals surface area (Å²) in [6, 6.07) is 8.45. The number of hydrogen-bond acceptors (Lipinski definition) is 4. The Balaban J connectivity index is 1.47. The van der Waals surface area contributed by atoms with Crippen LogP contribution >= 0.6 is 11.6 Å². The monoisotopic (exact) mass is 356 g/mol. The van der Waals surface area contributed by atoms with Crippen molar-refractivity contribution < 1.29 is 14.3 Å². The highest BCUT2D eigenvalue weighted by Crippen LogP contribution is 2.28. The quantitative estimate of drug-likeness (QED) is 0.753. The second kappa shape index (κ2) is 6.10. The Morgan fingerprint density at radius 1 is 1.32 bits per heavy atom. The van der Waals surface area contributed by atoms with Crippen molar-refractivity contribution in [3.8, 4) is 5.75 Å². The second-order valence-corrected chi connectivity index (χ2v) is 6.01. The molecule has 1 aliphatic rings. The summed E-state index contributed by atoms with van der Waals surface area (Å²) in [5.41, 5.74) is 2.48. The molecule has 3 heterocycles. The molecule has 0 unspecified atom stereocenters. The number of anilines is 1. The Kier molecular flexibility index (Phi) is 3.77. The number of hydrogen-bond donors (Lipinski definition) is 2. The molecule has 1 aromatic carbocycles. The summed E-state index contributed by atoms with van der Waals surface area (Å²) in [5, 5.41) is 6.11. The van der Waals surface area contributed by atoms with Gasteiger partial charge in [-0.05, 0) is 30.3 Å². The summed E-state index contributed by atoms with van der Waals surface area (Å²) < 4.78 is 7.12. The molecule has 0 fully saturated rings. The average molecular weight is 357 g/mol. The molecule has 8 heteroatoms. The van der Waals surface area contributed by atoms with Crippen LogP contribution in [-0.2, 0) is 11.3 Å². The fraction of sp³-hybridized carbons (Fsp3) is 0.118. The number of rotatable bonds is 3. The van der Waals surface area contributed by atoms with Gasteiger partial charge in [0, 0.05) is 18.0 Å². The molecule has 0 aliphatic carbocycles. The van der Waals surface area contributed by atoms with Crippen LogP contribution in [0.2, 0.25) is 5.02 Å². The average Bonchev–Trinajstić information content (AvgIpc) is 3.01. The van der Waals surface area contributed by atoms with Gasteiger partial charge in [0.15, 0.2) is 6.61 Å². The van der Waals surface area contributed by atoms with E-state index in [1.807, 2.05) is 12.3 Å². The Bertz CT molecular complexity index is 999. The van der Waals surface area contributed by atoms with Gasteiger partial charge < -0.3 is 19.8 Å². The number of fused-ring (bicyclic) bond motifs is 2. The zero-order valence-corrected chi connectivity index (χ0v) is 13.7. The molecule has 0 bridgehead atoms. The summed E-state index contributed by atoms with van der Waals surface area (Å²) in [6.45, 7) is 0.231. The summed E-state index contributed by atoms with van der Waals surface area (Å²) in [7, 11) is 0. The molecule has 7 nitrogen and oxygen atoms in total. The van der Waals surface area contributed by atoms with Crippen molar-refractivity contribution in [1.29, 1.82) is 0 Å². The normalized spacial score (nSPS) is 13.1. The minimum Gasteiger partial charge on any atom is -0.482 e. The number of imidazole rings is 1. The first-order valence-electron chi connectivity index (χ1n) is 7.56. The Labute approximate surface area is 147 Å². The van der Waals surface area contributed by atoms with Crippen molar-refractivity contribution >= 4 is 34.7 Å². The first-order valence-corrected chi connectivity index (χ1v) is 7.94. The van der Waals surface area contributed by atoms with Crippen LogP contribution in [0.25, 0.3) is 5.65 Å². The SMILES string of the molecule is O=C1COc2cc(C(=O)NCc3cn4cc(Cl)ccc4n3)ccc2N1. The highest BCUT2D eigenvalue weighted by molar-refractivity contribution is 6.30. The molecule has 1 aliphatic heterocycles. The zero-order chi connectivity index (χ0) is 17.4. The topological polar surface area (TPSA) is 84.7 Å². The molecule has 0 atom stereocenters. The third kappa shape index (κ3) is 3.14. The number of pyridine rings is 1. The fourth-order valence-corrected chi connectivity index (χ4v) is 2.76. The van der Waals surface area contributed by atoms with Crippen molar-refractivity contribution in [2.75, 3.05) is 11.9 Å². The molecular formula is C17H13ClN4O3. The van der Waals surface area contributed by atoms with E-state index in [2.05, 4.69) is 15.6 Å². The van der Waals surface area contributed by atoms with Crippen LogP contribution < -0.4 is 15.4 Å². The maximum atomic E-state index is 12.3. The van der Waals surface area contributed by atoms with Crippen molar-refractivity contribution in [3.05, 3.63) is 59.0 Å². The number of benzene rings is 1. The molecule has 3 aromatic rings. The maximum absolute atomic E-state index is 12.3. The lowest BCUT2D eigenvalue weighted by Gasteiger charge is -2.18. The number of carbonyl (C=O) groups excluding carboxylic acids is 2. The number of nitrogens with zero attached hydrogens (tertiary/aromatic N) is 2. The van der Waals surface area contributed by atoms with E-state index in [0.29, 0.717) is 22.0 Å². The van der Waals surface area contributed by atoms with Crippen molar-refractivity contribution in [2.45, 2.75) is 6.54 Å². The van der Waals surface area contributed by atoms with Crippen LogP contribution in [0.3, 0.4) is 0 Å². The van der Waals surface area contributed by atoms with Gasteiger partial charge in [-0.3, -0.25) is 9.59 Å². The van der Waals surface area contributed by atoms with Gasteiger partial charge in [-0.15, -0.1) is 0 Å². The van der Waals surface area contributed by atoms with E-state index >= 15 is 0 Å². The van der Waals surface area contributed by atoms with Gasteiger partial charge in [-0.1, -0.05) is 11.6 Å². The van der Waals surface area contributed by atoms with E-state index in [0.717, 1.165) is 11.3 Å². The molecule has 0 saturated carbocycles. The van der Waals surface area contributed by atoms with Gasteiger partial charge in [-0.2, -0.15) is 0 Å². The molecule has 4 rings (SSSR count). The van der Waals surface area contributed by atoms with Crippen LogP contribution in [0.5, 0.6) is 5.75 Å². The minimum absolute atomic E-state index is 0.0537. The number of amides is 2. The highest BCUT2D eigenvalue weighted by Gasteiger charge is 2.17. The predicted octanol–water partition coefficient (Wildman–Crippen LogP) is 2.25. The molecule has 2 amide bonds. The Morgan fingerprint density at radius 3 is 3.08 bits per heavy atom. The van der Waals surface area contributed by atoms with Gasteiger partial charge >= 0.3 is 0 Å². The summed E-state index contributed by atoms with van der Waals surface area (Å²) >= 11 is 5.95. The van der Waals surface area contributed by atoms with Gasteiger partial charge in [-0.25, -0.2) is 4.98 Å². The van der Waals surface area contributed by atoms with Gasteiger partial charge in [0.1, 0.15) is 11.4 Å². The number of carbonyl (C=O) groups is 2. The van der Waals surface area contributed by atoms with Gasteiger partial charge in [0.05, 0.1) is 22.9 Å². The highest BCUT2D eigenvalue weighted by atomic mass is 35.5. The number of aromatic nitrogens is 2. The van der Waals surface area contributed by atoms with E-state index in [9.17, 15) is 9.59 Å². The summed E-state index contributed by atoms with van der Waals surface area (Å²) in [4.78, 5) is 28.0. The minimum atomic E-state index is -0.251. The first kappa shape index (κ1) is 15.5. The lowest BCUT2D eigenvalue weighted by atomic mass is 10.1. The molecule has 0 spiro atoms. The smallest absolute Gasteiger partial charge is 0.262 e. The standard InChI is InChI=1S/C17H13ClN4O3/c18-11-2-4-15-20-12(8-22(15)7-11)6-19-17(24)10-1-3-13-14(5-10)25-9-16(23)21-13/h1-5,7-8H,6,9H2,(H,19,24)(H,21,23). The molecule has 0 radical (unpaired) electrons. The second-order valence-electron chi connectivity index (χ2n) is 5.58. The van der Waals surface area contributed by atoms with Crippen LogP contribution in [0, 0.1) is 0 Å². The Hall–Kier alpha value is -3.06. The van der Waals surface area contributed by atoms with E-state index in [-0.39, 0.29) is 25.0 Å².